The summed E-state index contributed by atoms with van der Waals surface area (Å²) in [7, 11) is 0. The van der Waals surface area contributed by atoms with Crippen molar-refractivity contribution < 1.29 is 9.90 Å². The van der Waals surface area contributed by atoms with Gasteiger partial charge in [-0.25, -0.2) is 4.68 Å². The van der Waals surface area contributed by atoms with Crippen LogP contribution in [-0.4, -0.2) is 44.9 Å². The normalized spacial score (nSPS) is 17.1. The molecule has 2 aromatic rings. The third kappa shape index (κ3) is 3.19. The third-order valence-corrected chi connectivity index (χ3v) is 5.08. The number of hydrogen-bond acceptors (Lipinski definition) is 3. The van der Waals surface area contributed by atoms with E-state index < -0.39 is 0 Å². The monoisotopic (exact) mass is 347 g/mol. The molecule has 1 amide bonds. The minimum absolute atomic E-state index is 0.0799. The number of aromatic nitrogens is 2. The zero-order valence-electron chi connectivity index (χ0n) is 13.9. The maximum absolute atomic E-state index is 12.9. The maximum Gasteiger partial charge on any atom is 0.258 e. The molecule has 0 aliphatic carbocycles. The summed E-state index contributed by atoms with van der Waals surface area (Å²) in [5.41, 5.74) is 1.93. The van der Waals surface area contributed by atoms with Crippen LogP contribution in [0.5, 0.6) is 0 Å². The number of likely N-dealkylation sites (tertiary alicyclic amines) is 1. The number of carbonyl (C=O) groups is 1. The molecule has 0 bridgehead atoms. The number of aliphatic hydroxyl groups excluding tert-OH is 1. The summed E-state index contributed by atoms with van der Waals surface area (Å²) in [6.45, 7) is 4.90. The second-order valence-corrected chi connectivity index (χ2v) is 6.73. The van der Waals surface area contributed by atoms with Gasteiger partial charge in [0, 0.05) is 13.1 Å². The van der Waals surface area contributed by atoms with Crippen LogP contribution in [0.1, 0.15) is 35.8 Å². The van der Waals surface area contributed by atoms with Gasteiger partial charge in [0.15, 0.2) is 0 Å². The van der Waals surface area contributed by atoms with Gasteiger partial charge in [-0.3, -0.25) is 4.79 Å². The first-order valence-electron chi connectivity index (χ1n) is 8.27. The molecule has 1 unspecified atom stereocenters. The lowest BCUT2D eigenvalue weighted by Crippen LogP contribution is -2.41. The largest absolute Gasteiger partial charge is 0.393 e. The van der Waals surface area contributed by atoms with Crippen LogP contribution in [0.2, 0.25) is 5.15 Å². The molecule has 1 atom stereocenters. The minimum Gasteiger partial charge on any atom is -0.393 e. The molecule has 6 heteroatoms. The Bertz CT molecular complexity index is 719. The van der Waals surface area contributed by atoms with Gasteiger partial charge in [0.2, 0.25) is 0 Å². The molecule has 2 heterocycles. The fourth-order valence-corrected chi connectivity index (χ4v) is 3.58. The van der Waals surface area contributed by atoms with Crippen molar-refractivity contribution in [1.29, 1.82) is 0 Å². The van der Waals surface area contributed by atoms with E-state index in [1.54, 1.807) is 11.6 Å². The van der Waals surface area contributed by atoms with E-state index in [0.717, 1.165) is 18.5 Å². The molecule has 1 aliphatic heterocycles. The first-order valence-corrected chi connectivity index (χ1v) is 8.64. The van der Waals surface area contributed by atoms with Crippen molar-refractivity contribution in [3.05, 3.63) is 46.7 Å². The molecular formula is C18H22ClN3O2. The molecule has 0 radical (unpaired) electrons. The van der Waals surface area contributed by atoms with Gasteiger partial charge in [-0.1, -0.05) is 29.8 Å². The number of rotatable bonds is 3. The predicted octanol–water partition coefficient (Wildman–Crippen LogP) is 3.07. The van der Waals surface area contributed by atoms with Crippen molar-refractivity contribution >= 4 is 17.5 Å². The number of aryl methyl sites for hydroxylation is 1. The van der Waals surface area contributed by atoms with Crippen molar-refractivity contribution in [2.24, 2.45) is 5.92 Å². The van der Waals surface area contributed by atoms with Crippen molar-refractivity contribution in [3.8, 4) is 5.69 Å². The number of amides is 1. The number of piperidine rings is 1. The molecular weight excluding hydrogens is 326 g/mol. The van der Waals surface area contributed by atoms with Gasteiger partial charge in [-0.2, -0.15) is 5.10 Å². The third-order valence-electron chi connectivity index (χ3n) is 4.73. The summed E-state index contributed by atoms with van der Waals surface area (Å²) in [5.74, 6) is 0.182. The average Bonchev–Trinajstić information content (AvgIpc) is 2.89. The van der Waals surface area contributed by atoms with E-state index in [-0.39, 0.29) is 17.9 Å². The summed E-state index contributed by atoms with van der Waals surface area (Å²) in [6.07, 6.45) is 1.30. The minimum atomic E-state index is -0.326. The number of para-hydroxylation sites is 1. The highest BCUT2D eigenvalue weighted by Gasteiger charge is 2.30. The fourth-order valence-electron chi connectivity index (χ4n) is 3.23. The molecule has 0 saturated carbocycles. The standard InChI is InChI=1S/C18H22ClN3O2/c1-12-16(17(19)22(20-12)15-6-4-3-5-7-15)18(24)21-10-8-14(9-11-21)13(2)23/h3-7,13-14,23H,8-11H2,1-2H3. The molecule has 1 aromatic carbocycles. The van der Waals surface area contributed by atoms with Gasteiger partial charge in [0.1, 0.15) is 5.15 Å². The topological polar surface area (TPSA) is 58.4 Å². The van der Waals surface area contributed by atoms with Crippen molar-refractivity contribution in [3.63, 3.8) is 0 Å². The van der Waals surface area contributed by atoms with E-state index in [4.69, 9.17) is 11.6 Å². The van der Waals surface area contributed by atoms with Crippen molar-refractivity contribution in [1.82, 2.24) is 14.7 Å². The molecule has 1 aromatic heterocycles. The molecule has 1 fully saturated rings. The maximum atomic E-state index is 12.9. The summed E-state index contributed by atoms with van der Waals surface area (Å²) < 4.78 is 1.60. The summed E-state index contributed by atoms with van der Waals surface area (Å²) in [5, 5.41) is 14.5. The number of carbonyl (C=O) groups excluding carboxylic acids is 1. The summed E-state index contributed by atoms with van der Waals surface area (Å²) in [4.78, 5) is 14.7. The van der Waals surface area contributed by atoms with Crippen molar-refractivity contribution in [2.75, 3.05) is 13.1 Å². The Labute approximate surface area is 146 Å². The molecule has 1 N–H and O–H groups in total. The number of halogens is 1. The number of nitrogens with zero attached hydrogens (tertiary/aromatic N) is 3. The van der Waals surface area contributed by atoms with Crippen LogP contribution in [0.3, 0.4) is 0 Å². The van der Waals surface area contributed by atoms with Gasteiger partial charge in [0.25, 0.3) is 5.91 Å². The Morgan fingerprint density at radius 3 is 2.50 bits per heavy atom. The van der Waals surface area contributed by atoms with E-state index in [2.05, 4.69) is 5.10 Å². The van der Waals surface area contributed by atoms with E-state index in [9.17, 15) is 9.90 Å². The van der Waals surface area contributed by atoms with Crippen LogP contribution >= 0.6 is 11.6 Å². The molecule has 128 valence electrons. The van der Waals surface area contributed by atoms with E-state index in [1.807, 2.05) is 42.2 Å². The lowest BCUT2D eigenvalue weighted by Gasteiger charge is -2.33. The lowest BCUT2D eigenvalue weighted by molar-refractivity contribution is 0.0521. The average molecular weight is 348 g/mol. The quantitative estimate of drug-likeness (QED) is 0.928. The zero-order valence-corrected chi connectivity index (χ0v) is 14.7. The number of aliphatic hydroxyl groups is 1. The van der Waals surface area contributed by atoms with E-state index >= 15 is 0 Å². The Kier molecular flexibility index (Phi) is 4.92. The summed E-state index contributed by atoms with van der Waals surface area (Å²) >= 11 is 6.47. The van der Waals surface area contributed by atoms with Gasteiger partial charge in [0.05, 0.1) is 23.0 Å². The molecule has 1 aliphatic rings. The molecule has 3 rings (SSSR count). The van der Waals surface area contributed by atoms with Crippen LogP contribution in [-0.2, 0) is 0 Å². The first-order chi connectivity index (χ1) is 11.5. The SMILES string of the molecule is Cc1nn(-c2ccccc2)c(Cl)c1C(=O)N1CCC(C(C)O)CC1. The predicted molar refractivity (Wildman–Crippen MR) is 93.6 cm³/mol. The van der Waals surface area contributed by atoms with Crippen LogP contribution in [0.25, 0.3) is 5.69 Å². The van der Waals surface area contributed by atoms with E-state index in [0.29, 0.717) is 29.5 Å². The molecule has 24 heavy (non-hydrogen) atoms. The van der Waals surface area contributed by atoms with E-state index in [1.165, 1.54) is 0 Å². The van der Waals surface area contributed by atoms with Crippen molar-refractivity contribution in [2.45, 2.75) is 32.8 Å². The molecule has 0 spiro atoms. The molecule has 1 saturated heterocycles. The van der Waals surface area contributed by atoms with Gasteiger partial charge >= 0.3 is 0 Å². The molecule has 5 nitrogen and oxygen atoms in total. The smallest absolute Gasteiger partial charge is 0.258 e. The zero-order chi connectivity index (χ0) is 17.3. The second kappa shape index (κ2) is 6.95. The van der Waals surface area contributed by atoms with Crippen LogP contribution in [0.4, 0.5) is 0 Å². The Morgan fingerprint density at radius 1 is 1.29 bits per heavy atom. The van der Waals surface area contributed by atoms with Crippen LogP contribution in [0.15, 0.2) is 30.3 Å². The second-order valence-electron chi connectivity index (χ2n) is 6.37. The van der Waals surface area contributed by atoms with Gasteiger partial charge in [-0.15, -0.1) is 0 Å². The van der Waals surface area contributed by atoms with Gasteiger partial charge < -0.3 is 10.0 Å². The highest BCUT2D eigenvalue weighted by Crippen LogP contribution is 2.27. The Balaban J connectivity index is 1.83. The highest BCUT2D eigenvalue weighted by atomic mass is 35.5. The Hall–Kier alpha value is -1.85. The number of benzene rings is 1. The Morgan fingerprint density at radius 2 is 1.92 bits per heavy atom. The first kappa shape index (κ1) is 17.0. The number of hydrogen-bond donors (Lipinski definition) is 1. The van der Waals surface area contributed by atoms with Crippen LogP contribution < -0.4 is 0 Å². The summed E-state index contributed by atoms with van der Waals surface area (Å²) in [6, 6.07) is 9.55. The van der Waals surface area contributed by atoms with Gasteiger partial charge in [-0.05, 0) is 44.7 Å². The highest BCUT2D eigenvalue weighted by molar-refractivity contribution is 6.33. The lowest BCUT2D eigenvalue weighted by atomic mass is 9.92. The fraction of sp³-hybridized carbons (Fsp3) is 0.444. The van der Waals surface area contributed by atoms with Crippen LogP contribution in [0, 0.1) is 12.8 Å².